The quantitative estimate of drug-likeness (QED) is 0.797. The number of hydrogen-bond donors (Lipinski definition) is 0. The Kier molecular flexibility index (Phi) is 4.30. The second kappa shape index (κ2) is 5.84. The first-order chi connectivity index (χ1) is 9.81. The minimum absolute atomic E-state index is 0.0864. The van der Waals surface area contributed by atoms with Gasteiger partial charge in [-0.3, -0.25) is 9.78 Å². The van der Waals surface area contributed by atoms with Gasteiger partial charge in [-0.2, -0.15) is 0 Å². The van der Waals surface area contributed by atoms with Crippen molar-refractivity contribution < 1.29 is 19.1 Å². The van der Waals surface area contributed by atoms with Crippen LogP contribution < -0.4 is 0 Å². The molecule has 5 heteroatoms. The summed E-state index contributed by atoms with van der Waals surface area (Å²) in [7, 11) is 1.35. The van der Waals surface area contributed by atoms with E-state index in [-0.39, 0.29) is 17.8 Å². The van der Waals surface area contributed by atoms with Crippen LogP contribution >= 0.6 is 0 Å². The van der Waals surface area contributed by atoms with Crippen LogP contribution in [0.4, 0.5) is 0 Å². The number of aromatic nitrogens is 1. The Morgan fingerprint density at radius 1 is 1.38 bits per heavy atom. The number of hydrogen-bond acceptors (Lipinski definition) is 5. The maximum Gasteiger partial charge on any atom is 0.339 e. The zero-order valence-corrected chi connectivity index (χ0v) is 12.9. The first-order valence-electron chi connectivity index (χ1n) is 7.07. The van der Waals surface area contributed by atoms with Gasteiger partial charge in [0, 0.05) is 6.20 Å². The summed E-state index contributed by atoms with van der Waals surface area (Å²) in [6.07, 6.45) is 3.02. The molecule has 2 atom stereocenters. The Hall–Kier alpha value is -1.91. The Morgan fingerprint density at radius 2 is 2.10 bits per heavy atom. The van der Waals surface area contributed by atoms with Gasteiger partial charge in [0.25, 0.3) is 0 Å². The average molecular weight is 291 g/mol. The molecule has 1 saturated carbocycles. The van der Waals surface area contributed by atoms with Gasteiger partial charge in [0.15, 0.2) is 0 Å². The van der Waals surface area contributed by atoms with Crippen LogP contribution in [0, 0.1) is 11.8 Å². The second-order valence-corrected chi connectivity index (χ2v) is 6.33. The molecule has 2 unspecified atom stereocenters. The zero-order chi connectivity index (χ0) is 15.6. The van der Waals surface area contributed by atoms with Crippen LogP contribution in [0.3, 0.4) is 0 Å². The molecule has 0 spiro atoms. The number of ether oxygens (including phenoxy) is 2. The van der Waals surface area contributed by atoms with Crippen molar-refractivity contribution in [1.29, 1.82) is 0 Å². The van der Waals surface area contributed by atoms with Gasteiger partial charge in [-0.05, 0) is 51.7 Å². The predicted octanol–water partition coefficient (Wildman–Crippen LogP) is 2.39. The molecule has 114 valence electrons. The third-order valence-corrected chi connectivity index (χ3v) is 3.38. The Morgan fingerprint density at radius 3 is 2.71 bits per heavy atom. The number of methoxy groups -OCH3 is 1. The maximum absolute atomic E-state index is 12.0. The lowest BCUT2D eigenvalue weighted by molar-refractivity contribution is -0.156. The fourth-order valence-corrected chi connectivity index (χ4v) is 2.28. The molecule has 1 heterocycles. The summed E-state index contributed by atoms with van der Waals surface area (Å²) in [6.45, 7) is 5.57. The average Bonchev–Trinajstić information content (AvgIpc) is 3.16. The van der Waals surface area contributed by atoms with Gasteiger partial charge < -0.3 is 9.47 Å². The van der Waals surface area contributed by atoms with Crippen molar-refractivity contribution in [2.75, 3.05) is 7.11 Å². The summed E-state index contributed by atoms with van der Waals surface area (Å²) in [6, 6.07) is 3.40. The summed E-state index contributed by atoms with van der Waals surface area (Å²) >= 11 is 0. The van der Waals surface area contributed by atoms with E-state index in [0.29, 0.717) is 17.7 Å². The van der Waals surface area contributed by atoms with E-state index in [4.69, 9.17) is 9.47 Å². The molecule has 21 heavy (non-hydrogen) atoms. The number of esters is 2. The topological polar surface area (TPSA) is 65.5 Å². The van der Waals surface area contributed by atoms with Crippen LogP contribution in [-0.2, 0) is 20.7 Å². The van der Waals surface area contributed by atoms with Gasteiger partial charge in [-0.1, -0.05) is 0 Å². The summed E-state index contributed by atoms with van der Waals surface area (Å²) in [5.74, 6) is -0.453. The molecule has 2 rings (SSSR count). The van der Waals surface area contributed by atoms with E-state index in [1.165, 1.54) is 7.11 Å². The van der Waals surface area contributed by atoms with Gasteiger partial charge in [0.05, 0.1) is 24.3 Å². The van der Waals surface area contributed by atoms with Crippen LogP contribution in [0.15, 0.2) is 18.3 Å². The highest BCUT2D eigenvalue weighted by Crippen LogP contribution is 2.42. The monoisotopic (exact) mass is 291 g/mol. The second-order valence-electron chi connectivity index (χ2n) is 6.33. The third-order valence-electron chi connectivity index (χ3n) is 3.38. The number of rotatable bonds is 4. The standard InChI is InChI=1S/C16H21NO4/c1-16(2,3)21-15(19)12-8-10(12)9-13-11(14(18)20-4)6-5-7-17-13/h5-7,10,12H,8-9H2,1-4H3. The predicted molar refractivity (Wildman–Crippen MR) is 76.7 cm³/mol. The molecule has 1 fully saturated rings. The number of carbonyl (C=O) groups excluding carboxylic acids is 2. The van der Waals surface area contributed by atoms with Crippen LogP contribution in [0.1, 0.15) is 43.2 Å². The number of nitrogens with zero attached hydrogens (tertiary/aromatic N) is 1. The van der Waals surface area contributed by atoms with Crippen molar-refractivity contribution in [3.8, 4) is 0 Å². The Bertz CT molecular complexity index is 547. The van der Waals surface area contributed by atoms with Crippen molar-refractivity contribution in [3.05, 3.63) is 29.6 Å². The van der Waals surface area contributed by atoms with E-state index in [0.717, 1.165) is 6.42 Å². The minimum atomic E-state index is -0.466. The SMILES string of the molecule is COC(=O)c1cccnc1CC1CC1C(=O)OC(C)(C)C. The van der Waals surface area contributed by atoms with Crippen molar-refractivity contribution >= 4 is 11.9 Å². The molecule has 0 bridgehead atoms. The molecular formula is C16H21NO4. The Balaban J connectivity index is 1.99. The molecule has 0 N–H and O–H groups in total. The molecule has 0 aliphatic heterocycles. The number of carbonyl (C=O) groups is 2. The fourth-order valence-electron chi connectivity index (χ4n) is 2.28. The molecule has 1 aromatic rings. The van der Waals surface area contributed by atoms with E-state index in [9.17, 15) is 9.59 Å². The summed E-state index contributed by atoms with van der Waals surface area (Å²) in [4.78, 5) is 27.9. The van der Waals surface area contributed by atoms with E-state index in [2.05, 4.69) is 4.98 Å². The van der Waals surface area contributed by atoms with Crippen molar-refractivity contribution in [2.24, 2.45) is 11.8 Å². The van der Waals surface area contributed by atoms with Gasteiger partial charge in [-0.25, -0.2) is 4.79 Å². The van der Waals surface area contributed by atoms with E-state index in [1.54, 1.807) is 18.3 Å². The van der Waals surface area contributed by atoms with Gasteiger partial charge in [0.2, 0.25) is 0 Å². The van der Waals surface area contributed by atoms with Crippen molar-refractivity contribution in [1.82, 2.24) is 4.98 Å². The Labute approximate surface area is 124 Å². The third kappa shape index (κ3) is 4.03. The molecule has 1 aliphatic carbocycles. The highest BCUT2D eigenvalue weighted by atomic mass is 16.6. The first-order valence-corrected chi connectivity index (χ1v) is 7.07. The molecule has 0 radical (unpaired) electrons. The normalized spacial score (nSPS) is 20.8. The van der Waals surface area contributed by atoms with E-state index >= 15 is 0 Å². The van der Waals surface area contributed by atoms with Crippen LogP contribution in [0.25, 0.3) is 0 Å². The molecule has 1 aliphatic rings. The minimum Gasteiger partial charge on any atom is -0.465 e. The van der Waals surface area contributed by atoms with Gasteiger partial charge in [0.1, 0.15) is 5.60 Å². The first kappa shape index (κ1) is 15.5. The zero-order valence-electron chi connectivity index (χ0n) is 12.9. The van der Waals surface area contributed by atoms with E-state index in [1.807, 2.05) is 20.8 Å². The molecule has 5 nitrogen and oxygen atoms in total. The molecule has 0 amide bonds. The summed E-state index contributed by atoms with van der Waals surface area (Å²) < 4.78 is 10.1. The van der Waals surface area contributed by atoms with Gasteiger partial charge >= 0.3 is 11.9 Å². The van der Waals surface area contributed by atoms with Crippen LogP contribution in [0.5, 0.6) is 0 Å². The molecule has 0 saturated heterocycles. The fraction of sp³-hybridized carbons (Fsp3) is 0.562. The van der Waals surface area contributed by atoms with E-state index < -0.39 is 11.6 Å². The number of pyridine rings is 1. The molecular weight excluding hydrogens is 270 g/mol. The van der Waals surface area contributed by atoms with Gasteiger partial charge in [-0.15, -0.1) is 0 Å². The van der Waals surface area contributed by atoms with Crippen LogP contribution in [0.2, 0.25) is 0 Å². The molecule has 0 aromatic carbocycles. The highest BCUT2D eigenvalue weighted by Gasteiger charge is 2.45. The maximum atomic E-state index is 12.0. The largest absolute Gasteiger partial charge is 0.465 e. The molecule has 1 aromatic heterocycles. The smallest absolute Gasteiger partial charge is 0.339 e. The highest BCUT2D eigenvalue weighted by molar-refractivity contribution is 5.90. The lowest BCUT2D eigenvalue weighted by atomic mass is 10.1. The summed E-state index contributed by atoms with van der Waals surface area (Å²) in [5.41, 5.74) is 0.683. The van der Waals surface area contributed by atoms with Crippen LogP contribution in [-0.4, -0.2) is 29.6 Å². The van der Waals surface area contributed by atoms with Crippen molar-refractivity contribution in [3.63, 3.8) is 0 Å². The lowest BCUT2D eigenvalue weighted by Crippen LogP contribution is -2.25. The summed E-state index contributed by atoms with van der Waals surface area (Å²) in [5, 5.41) is 0. The van der Waals surface area contributed by atoms with Crippen molar-refractivity contribution in [2.45, 2.75) is 39.2 Å². The lowest BCUT2D eigenvalue weighted by Gasteiger charge is -2.19.